The van der Waals surface area contributed by atoms with Crippen LogP contribution in [0, 0.1) is 5.92 Å². The highest BCUT2D eigenvalue weighted by atomic mass is 79.9. The van der Waals surface area contributed by atoms with Crippen molar-refractivity contribution in [1.82, 2.24) is 0 Å². The average Bonchev–Trinajstić information content (AvgIpc) is 2.80. The molecule has 3 rings (SSSR count). The monoisotopic (exact) mass is 574 g/mol. The first-order chi connectivity index (χ1) is 10.2. The fraction of sp³-hybridized carbons (Fsp3) is 0.400. The van der Waals surface area contributed by atoms with E-state index in [9.17, 15) is 4.79 Å². The predicted molar refractivity (Wildman–Crippen MR) is 103 cm³/mol. The number of ether oxygens (including phenoxy) is 1. The summed E-state index contributed by atoms with van der Waals surface area (Å²) >= 11 is 20.7. The zero-order valence-electron chi connectivity index (χ0n) is 11.2. The number of allylic oxidation sites excluding steroid dienone is 2. The van der Waals surface area contributed by atoms with Crippen molar-refractivity contribution in [3.63, 3.8) is 0 Å². The van der Waals surface area contributed by atoms with Crippen molar-refractivity contribution >= 4 is 81.3 Å². The van der Waals surface area contributed by atoms with Crippen molar-refractivity contribution in [3.8, 4) is 5.75 Å². The van der Waals surface area contributed by atoms with Gasteiger partial charge in [0.1, 0.15) is 5.75 Å². The Morgan fingerprint density at radius 1 is 1.23 bits per heavy atom. The van der Waals surface area contributed by atoms with E-state index in [0.29, 0.717) is 17.2 Å². The Hall–Kier alpha value is 0.640. The predicted octanol–water partition coefficient (Wildman–Crippen LogP) is 6.33. The number of fused-ring (bicyclic) bond motifs is 2. The van der Waals surface area contributed by atoms with Crippen molar-refractivity contribution in [2.75, 3.05) is 0 Å². The number of esters is 1. The minimum atomic E-state index is -0.230. The maximum atomic E-state index is 12.2. The van der Waals surface area contributed by atoms with Gasteiger partial charge >= 0.3 is 5.97 Å². The molecule has 2 nitrogen and oxygen atoms in total. The van der Waals surface area contributed by atoms with Crippen LogP contribution >= 0.6 is 75.3 Å². The second kappa shape index (κ2) is 6.17. The van der Waals surface area contributed by atoms with Crippen LogP contribution in [0.25, 0.3) is 0 Å². The lowest BCUT2D eigenvalue weighted by Crippen LogP contribution is -2.30. The number of rotatable bonds is 3. The van der Waals surface area contributed by atoms with Crippen molar-refractivity contribution in [2.45, 2.75) is 27.9 Å². The van der Waals surface area contributed by atoms with E-state index in [1.807, 2.05) is 0 Å². The van der Waals surface area contributed by atoms with E-state index >= 15 is 0 Å². The molecule has 22 heavy (non-hydrogen) atoms. The van der Waals surface area contributed by atoms with Gasteiger partial charge < -0.3 is 4.74 Å². The average molecular weight is 578 g/mol. The Balaban J connectivity index is 1.70. The zero-order chi connectivity index (χ0) is 16.1. The van der Waals surface area contributed by atoms with Crippen LogP contribution in [0.2, 0.25) is 5.02 Å². The molecule has 2 bridgehead atoms. The van der Waals surface area contributed by atoms with Crippen LogP contribution < -0.4 is 4.74 Å². The van der Waals surface area contributed by atoms with Crippen LogP contribution in [0.5, 0.6) is 5.75 Å². The van der Waals surface area contributed by atoms with Crippen molar-refractivity contribution in [3.05, 3.63) is 38.3 Å². The third-order valence-corrected chi connectivity index (χ3v) is 10.6. The molecule has 0 amide bonds. The fourth-order valence-corrected chi connectivity index (χ4v) is 7.66. The number of alkyl halides is 2. The van der Waals surface area contributed by atoms with Gasteiger partial charge in [-0.3, -0.25) is 4.79 Å². The largest absolute Gasteiger partial charge is 0.427 e. The molecular weight excluding hydrogens is 567 g/mol. The molecule has 0 unspecified atom stereocenters. The van der Waals surface area contributed by atoms with Crippen LogP contribution in [0.4, 0.5) is 0 Å². The van der Waals surface area contributed by atoms with Gasteiger partial charge in [-0.1, -0.05) is 75.3 Å². The molecule has 7 heteroatoms. The number of carbonyl (C=O) groups excluding carboxylic acids is 1. The van der Waals surface area contributed by atoms with Gasteiger partial charge in [0.2, 0.25) is 0 Å². The minimum absolute atomic E-state index is 0.0967. The van der Waals surface area contributed by atoms with E-state index in [0.717, 1.165) is 21.8 Å². The van der Waals surface area contributed by atoms with Crippen LogP contribution in [-0.2, 0) is 4.79 Å². The van der Waals surface area contributed by atoms with Crippen LogP contribution in [0.3, 0.4) is 0 Å². The van der Waals surface area contributed by atoms with E-state index < -0.39 is 0 Å². The van der Waals surface area contributed by atoms with Gasteiger partial charge in [-0.2, -0.15) is 0 Å². The standard InChI is InChI=1S/C15H11Br4ClO2/c16-12-13(17)15(19)7-14(12,18)6-8(15)5-11(21)22-10-3-1-9(20)2-4-10/h1-4,8H,5-7H2/t8-,14-,15-/m1/s1. The summed E-state index contributed by atoms with van der Waals surface area (Å²) in [5, 5.41) is 0.618. The lowest BCUT2D eigenvalue weighted by Gasteiger charge is -2.30. The quantitative estimate of drug-likeness (QED) is 0.238. The number of hydrogen-bond acceptors (Lipinski definition) is 2. The SMILES string of the molecule is O=C(C[C@@H]1C[C@@]2(Br)C[C@]1(Br)C(Br)=C2Br)Oc1ccc(Cl)cc1. The molecule has 0 N–H and O–H groups in total. The Morgan fingerprint density at radius 3 is 2.41 bits per heavy atom. The molecule has 1 saturated carbocycles. The molecular formula is C15H11Br4ClO2. The third kappa shape index (κ3) is 2.99. The first-order valence-corrected chi connectivity index (χ1v) is 10.2. The van der Waals surface area contributed by atoms with Gasteiger partial charge in [0, 0.05) is 14.0 Å². The first-order valence-electron chi connectivity index (χ1n) is 6.65. The molecule has 0 saturated heterocycles. The normalized spacial score (nSPS) is 33.4. The van der Waals surface area contributed by atoms with Gasteiger partial charge in [-0.15, -0.1) is 0 Å². The van der Waals surface area contributed by atoms with Gasteiger partial charge in [0.25, 0.3) is 0 Å². The number of hydrogen-bond donors (Lipinski definition) is 0. The van der Waals surface area contributed by atoms with E-state index in [4.69, 9.17) is 16.3 Å². The maximum Gasteiger partial charge on any atom is 0.311 e. The van der Waals surface area contributed by atoms with Crippen LogP contribution in [-0.4, -0.2) is 14.6 Å². The topological polar surface area (TPSA) is 26.3 Å². The summed E-state index contributed by atoms with van der Waals surface area (Å²) in [6.45, 7) is 0. The molecule has 118 valence electrons. The van der Waals surface area contributed by atoms with Crippen molar-refractivity contribution in [1.29, 1.82) is 0 Å². The Morgan fingerprint density at radius 2 is 1.86 bits per heavy atom. The number of carbonyl (C=O) groups is 1. The van der Waals surface area contributed by atoms with Crippen molar-refractivity contribution in [2.24, 2.45) is 5.92 Å². The summed E-state index contributed by atoms with van der Waals surface area (Å²) in [6, 6.07) is 6.81. The van der Waals surface area contributed by atoms with Gasteiger partial charge in [0.05, 0.1) is 15.1 Å². The van der Waals surface area contributed by atoms with Gasteiger partial charge in [-0.05, 0) is 43.0 Å². The van der Waals surface area contributed by atoms with Crippen LogP contribution in [0.15, 0.2) is 33.2 Å². The number of halogens is 5. The first kappa shape index (κ1) is 17.5. The smallest absolute Gasteiger partial charge is 0.311 e. The highest BCUT2D eigenvalue weighted by molar-refractivity contribution is 9.16. The summed E-state index contributed by atoms with van der Waals surface area (Å²) in [5.74, 6) is 0.457. The molecule has 0 radical (unpaired) electrons. The lowest BCUT2D eigenvalue weighted by atomic mass is 9.90. The van der Waals surface area contributed by atoms with Gasteiger partial charge in [-0.25, -0.2) is 0 Å². The molecule has 2 aliphatic rings. The zero-order valence-corrected chi connectivity index (χ0v) is 18.3. The second-order valence-corrected chi connectivity index (χ2v) is 10.6. The fourth-order valence-electron chi connectivity index (χ4n) is 3.09. The molecule has 0 spiro atoms. The summed E-state index contributed by atoms with van der Waals surface area (Å²) in [6.07, 6.45) is 2.14. The third-order valence-electron chi connectivity index (χ3n) is 4.16. The Kier molecular flexibility index (Phi) is 4.90. The van der Waals surface area contributed by atoms with E-state index in [1.54, 1.807) is 24.3 Å². The number of benzene rings is 1. The molecule has 0 aliphatic heterocycles. The van der Waals surface area contributed by atoms with E-state index in [-0.39, 0.29) is 20.5 Å². The lowest BCUT2D eigenvalue weighted by molar-refractivity contribution is -0.135. The molecule has 0 heterocycles. The molecule has 3 atom stereocenters. The van der Waals surface area contributed by atoms with E-state index in [2.05, 4.69) is 63.7 Å². The second-order valence-electron chi connectivity index (χ2n) is 5.67. The summed E-state index contributed by atoms with van der Waals surface area (Å²) in [5.41, 5.74) is 0. The molecule has 1 aromatic rings. The van der Waals surface area contributed by atoms with Gasteiger partial charge in [0.15, 0.2) is 0 Å². The highest BCUT2D eigenvalue weighted by Gasteiger charge is 2.61. The maximum absolute atomic E-state index is 12.2. The Labute approximate surface area is 167 Å². The molecule has 2 aliphatic carbocycles. The highest BCUT2D eigenvalue weighted by Crippen LogP contribution is 2.68. The summed E-state index contributed by atoms with van der Waals surface area (Å²) < 4.78 is 7.29. The van der Waals surface area contributed by atoms with E-state index in [1.165, 1.54) is 0 Å². The summed E-state index contributed by atoms with van der Waals surface area (Å²) in [4.78, 5) is 12.2. The molecule has 1 fully saturated rings. The van der Waals surface area contributed by atoms with Crippen LogP contribution in [0.1, 0.15) is 19.3 Å². The Bertz CT molecular complexity index is 660. The minimum Gasteiger partial charge on any atom is -0.427 e. The van der Waals surface area contributed by atoms with Crippen molar-refractivity contribution < 1.29 is 9.53 Å². The summed E-state index contributed by atoms with van der Waals surface area (Å²) in [7, 11) is 0. The molecule has 0 aromatic heterocycles. The molecule has 1 aromatic carbocycles.